The smallest absolute Gasteiger partial charge is 0.203 e. The van der Waals surface area contributed by atoms with E-state index in [1.807, 2.05) is 158 Å². The molecule has 7 aromatic rings. The van der Waals surface area contributed by atoms with Gasteiger partial charge in [0.2, 0.25) is 11.5 Å². The number of hydrogen-bond donors (Lipinski definition) is 5. The Bertz CT molecular complexity index is 2940. The highest BCUT2D eigenvalue weighted by Gasteiger charge is 2.38. The first kappa shape index (κ1) is 47.2. The molecule has 0 amide bonds. The number of H-pyrrole nitrogens is 1. The van der Waals surface area contributed by atoms with Gasteiger partial charge in [-0.1, -0.05) is 72.8 Å². The summed E-state index contributed by atoms with van der Waals surface area (Å²) in [6.45, 7) is 0.476. The molecule has 1 aliphatic rings. The van der Waals surface area contributed by atoms with Gasteiger partial charge < -0.3 is 64.4 Å². The van der Waals surface area contributed by atoms with Gasteiger partial charge in [0.25, 0.3) is 0 Å². The Kier molecular flexibility index (Phi) is 15.4. The van der Waals surface area contributed by atoms with E-state index < -0.39 is 6.10 Å². The molecule has 6 N–H and O–H groups in total. The summed E-state index contributed by atoms with van der Waals surface area (Å²) >= 11 is 0. The van der Waals surface area contributed by atoms with Crippen LogP contribution in [-0.4, -0.2) is 65.0 Å². The summed E-state index contributed by atoms with van der Waals surface area (Å²) in [7, 11) is 7.96. The van der Waals surface area contributed by atoms with Crippen LogP contribution >= 0.6 is 0 Å². The SMILES string of the molecule is COc1cc(/C=C\c2ccc(N/C=C\C3OC3c3ccc(OCCOc4cc(/C=C\c5ccc(N/C=C\C(O)c6c[nH]c7ccccc67)cc5)cc(OC)c4OC)c(N)c3)cc2)cc(OC)c1OC. The molecule has 6 aromatic carbocycles. The highest BCUT2D eigenvalue weighted by atomic mass is 16.6. The number of anilines is 3. The lowest BCUT2D eigenvalue weighted by Crippen LogP contribution is -2.11. The number of fused-ring (bicyclic) bond motifs is 1. The number of nitrogens with two attached hydrogens (primary N) is 1. The average molecular weight is 929 g/mol. The molecule has 3 atom stereocenters. The third-order valence-corrected chi connectivity index (χ3v) is 11.4. The van der Waals surface area contributed by atoms with Crippen molar-refractivity contribution in [3.8, 4) is 40.2 Å². The molecule has 0 spiro atoms. The van der Waals surface area contributed by atoms with Gasteiger partial charge >= 0.3 is 0 Å². The molecular formula is C56H56N4O9. The lowest BCUT2D eigenvalue weighted by molar-refractivity contribution is 0.210. The highest BCUT2D eigenvalue weighted by Crippen LogP contribution is 2.42. The lowest BCUT2D eigenvalue weighted by atomic mass is 10.1. The van der Waals surface area contributed by atoms with E-state index >= 15 is 0 Å². The third-order valence-electron chi connectivity index (χ3n) is 11.4. The summed E-state index contributed by atoms with van der Waals surface area (Å²) in [6.07, 6.45) is 16.3. The van der Waals surface area contributed by atoms with E-state index in [1.54, 1.807) is 47.8 Å². The van der Waals surface area contributed by atoms with Gasteiger partial charge in [-0.15, -0.1) is 0 Å². The predicted octanol–water partition coefficient (Wildman–Crippen LogP) is 11.3. The van der Waals surface area contributed by atoms with Crippen LogP contribution in [0.15, 0.2) is 146 Å². The lowest BCUT2D eigenvalue weighted by Gasteiger charge is -2.16. The Hall–Kier alpha value is -8.26. The molecule has 1 saturated heterocycles. The molecule has 69 heavy (non-hydrogen) atoms. The monoisotopic (exact) mass is 928 g/mol. The summed E-state index contributed by atoms with van der Waals surface area (Å²) in [4.78, 5) is 3.20. The van der Waals surface area contributed by atoms with E-state index in [0.29, 0.717) is 45.9 Å². The van der Waals surface area contributed by atoms with Crippen molar-refractivity contribution in [3.05, 3.63) is 179 Å². The van der Waals surface area contributed by atoms with Gasteiger partial charge in [0.15, 0.2) is 23.0 Å². The Labute approximate surface area is 402 Å². The largest absolute Gasteiger partial charge is 0.493 e. The normalized spacial score (nSPS) is 14.9. The van der Waals surface area contributed by atoms with Crippen molar-refractivity contribution in [1.29, 1.82) is 0 Å². The van der Waals surface area contributed by atoms with Crippen molar-refractivity contribution in [1.82, 2.24) is 4.98 Å². The minimum Gasteiger partial charge on any atom is -0.493 e. The predicted molar refractivity (Wildman–Crippen MR) is 275 cm³/mol. The maximum absolute atomic E-state index is 10.7. The minimum atomic E-state index is -0.747. The van der Waals surface area contributed by atoms with Crippen LogP contribution in [0.5, 0.6) is 40.2 Å². The number of aliphatic hydroxyl groups excluding tert-OH is 1. The number of benzene rings is 6. The molecule has 13 heteroatoms. The van der Waals surface area contributed by atoms with Crippen LogP contribution in [0, 0.1) is 0 Å². The molecular weight excluding hydrogens is 873 g/mol. The number of methoxy groups -OCH3 is 5. The van der Waals surface area contributed by atoms with Gasteiger partial charge in [-0.05, 0) is 119 Å². The minimum absolute atomic E-state index is 0.0784. The fourth-order valence-electron chi connectivity index (χ4n) is 7.75. The van der Waals surface area contributed by atoms with Gasteiger partial charge in [0.1, 0.15) is 37.3 Å². The number of nitrogen functional groups attached to an aromatic ring is 1. The summed E-state index contributed by atoms with van der Waals surface area (Å²) < 4.78 is 45.8. The van der Waals surface area contributed by atoms with Crippen LogP contribution in [0.25, 0.3) is 35.2 Å². The molecule has 13 nitrogen and oxygen atoms in total. The van der Waals surface area contributed by atoms with Crippen molar-refractivity contribution < 1.29 is 43.0 Å². The maximum Gasteiger partial charge on any atom is 0.203 e. The van der Waals surface area contributed by atoms with Crippen molar-refractivity contribution >= 4 is 52.3 Å². The van der Waals surface area contributed by atoms with Crippen LogP contribution in [0.4, 0.5) is 17.1 Å². The van der Waals surface area contributed by atoms with Gasteiger partial charge in [-0.25, -0.2) is 0 Å². The van der Waals surface area contributed by atoms with E-state index in [4.69, 9.17) is 43.6 Å². The van der Waals surface area contributed by atoms with E-state index in [1.165, 1.54) is 0 Å². The first-order valence-corrected chi connectivity index (χ1v) is 22.3. The first-order chi connectivity index (χ1) is 33.8. The third kappa shape index (κ3) is 11.8. The van der Waals surface area contributed by atoms with Crippen LogP contribution < -0.4 is 49.5 Å². The maximum atomic E-state index is 10.7. The number of rotatable bonds is 22. The molecule has 0 radical (unpaired) electrons. The van der Waals surface area contributed by atoms with E-state index in [9.17, 15) is 5.11 Å². The number of aromatic amines is 1. The molecule has 2 heterocycles. The van der Waals surface area contributed by atoms with Gasteiger partial charge in [0, 0.05) is 34.0 Å². The fraction of sp³-hybridized carbons (Fsp3) is 0.179. The zero-order valence-corrected chi connectivity index (χ0v) is 39.1. The second-order valence-electron chi connectivity index (χ2n) is 15.9. The molecule has 0 bridgehead atoms. The average Bonchev–Trinajstić information content (AvgIpc) is 4.03. The van der Waals surface area contributed by atoms with Crippen LogP contribution in [0.2, 0.25) is 0 Å². The second-order valence-corrected chi connectivity index (χ2v) is 15.9. The zero-order valence-electron chi connectivity index (χ0n) is 39.1. The van der Waals surface area contributed by atoms with Crippen LogP contribution in [0.1, 0.15) is 45.6 Å². The quantitative estimate of drug-likeness (QED) is 0.0189. The molecule has 0 saturated carbocycles. The van der Waals surface area contributed by atoms with Crippen LogP contribution in [0.3, 0.4) is 0 Å². The van der Waals surface area contributed by atoms with Crippen molar-refractivity contribution in [2.75, 3.05) is 65.1 Å². The molecule has 1 aliphatic heterocycles. The Morgan fingerprint density at radius 2 is 1.14 bits per heavy atom. The number of aromatic nitrogens is 1. The zero-order chi connectivity index (χ0) is 48.1. The highest BCUT2D eigenvalue weighted by molar-refractivity contribution is 5.83. The number of para-hydroxylation sites is 1. The number of epoxide rings is 1. The Morgan fingerprint density at radius 3 is 1.72 bits per heavy atom. The molecule has 1 fully saturated rings. The number of ether oxygens (including phenoxy) is 8. The van der Waals surface area contributed by atoms with E-state index in [2.05, 4.69) is 15.6 Å². The Balaban J connectivity index is 0.787. The molecule has 8 rings (SSSR count). The number of aliphatic hydroxyl groups is 1. The van der Waals surface area contributed by atoms with Crippen molar-refractivity contribution in [2.24, 2.45) is 0 Å². The summed E-state index contributed by atoms with van der Waals surface area (Å²) in [5, 5.41) is 18.3. The van der Waals surface area contributed by atoms with Gasteiger partial charge in [-0.2, -0.15) is 0 Å². The fourth-order valence-corrected chi connectivity index (χ4v) is 7.75. The van der Waals surface area contributed by atoms with E-state index in [-0.39, 0.29) is 25.4 Å². The Morgan fingerprint density at radius 1 is 0.609 bits per heavy atom. The second kappa shape index (κ2) is 22.5. The molecule has 0 aliphatic carbocycles. The van der Waals surface area contributed by atoms with Crippen molar-refractivity contribution in [3.63, 3.8) is 0 Å². The van der Waals surface area contributed by atoms with E-state index in [0.717, 1.165) is 55.7 Å². The molecule has 354 valence electrons. The molecule has 1 aromatic heterocycles. The standard InChI is InChI=1S/C56H56N4O9/c1-62-50-30-38(31-51(63-2)55(50)65-4)12-10-36-16-21-42(22-17-36)59-27-25-49-54(69-49)40-18-23-48(45(57)34-40)67-28-29-68-53-33-39(32-52(64-3)56(53)66-5)13-11-37-14-19-41(20-15-37)58-26-24-47(61)44-35-60-46-9-7-6-8-43(44)46/h6-27,30-35,47,49,54,58-61H,28-29,57H2,1-5H3/b12-10-,13-11-,26-24-,27-25-. The van der Waals surface area contributed by atoms with Crippen LogP contribution in [-0.2, 0) is 4.74 Å². The molecule has 3 unspecified atom stereocenters. The summed E-state index contributed by atoms with van der Waals surface area (Å²) in [6, 6.07) is 37.3. The van der Waals surface area contributed by atoms with Gasteiger partial charge in [0.05, 0.1) is 41.2 Å². The van der Waals surface area contributed by atoms with Crippen molar-refractivity contribution in [2.45, 2.75) is 18.3 Å². The number of hydrogen-bond acceptors (Lipinski definition) is 12. The van der Waals surface area contributed by atoms with Gasteiger partial charge in [-0.3, -0.25) is 0 Å². The summed E-state index contributed by atoms with van der Waals surface area (Å²) in [5.74, 6) is 3.85. The number of nitrogens with one attached hydrogen (secondary N) is 3. The first-order valence-electron chi connectivity index (χ1n) is 22.3. The topological polar surface area (TPSA) is 163 Å². The summed E-state index contributed by atoms with van der Waals surface area (Å²) in [5.41, 5.74) is 15.4.